The molecule has 0 fully saturated rings. The van der Waals surface area contributed by atoms with Gasteiger partial charge in [-0.3, -0.25) is 0 Å². The first kappa shape index (κ1) is 40.0. The molecule has 0 aliphatic rings. The van der Waals surface area contributed by atoms with Crippen molar-refractivity contribution in [3.8, 4) is 112 Å². The van der Waals surface area contributed by atoms with E-state index < -0.39 is 0 Å². The molecule has 0 spiro atoms. The summed E-state index contributed by atoms with van der Waals surface area (Å²) in [5.41, 5.74) is 17.9. The van der Waals surface area contributed by atoms with E-state index in [4.69, 9.17) is 19.9 Å². The minimum Gasteiger partial charge on any atom is -0.248 e. The van der Waals surface area contributed by atoms with E-state index in [0.717, 1.165) is 94.8 Å². The molecule has 0 bridgehead atoms. The third-order valence-electron chi connectivity index (χ3n) is 12.0. The Labute approximate surface area is 385 Å². The van der Waals surface area contributed by atoms with Gasteiger partial charge in [0.15, 0.2) is 17.5 Å². The number of benzene rings is 9. The first-order valence-corrected chi connectivity index (χ1v) is 22.2. The van der Waals surface area contributed by atoms with Crippen LogP contribution in [0.3, 0.4) is 0 Å². The molecule has 0 aliphatic carbocycles. The van der Waals surface area contributed by atoms with Gasteiger partial charge in [0, 0.05) is 27.8 Å². The summed E-state index contributed by atoms with van der Waals surface area (Å²) in [5, 5.41) is 0. The highest BCUT2D eigenvalue weighted by Gasteiger charge is 2.16. The second-order valence-corrected chi connectivity index (χ2v) is 16.3. The minimum atomic E-state index is 0.597. The lowest BCUT2D eigenvalue weighted by molar-refractivity contribution is 1.07. The number of hydrogen-bond acceptors (Lipinski definition) is 4. The molecule has 0 amide bonds. The van der Waals surface area contributed by atoms with Gasteiger partial charge in [-0.15, -0.1) is 0 Å². The second kappa shape index (κ2) is 18.1. The Morgan fingerprint density at radius 2 is 0.379 bits per heavy atom. The summed E-state index contributed by atoms with van der Waals surface area (Å²) in [4.78, 5) is 20.8. The molecule has 0 saturated heterocycles. The molecule has 0 N–H and O–H groups in total. The maximum Gasteiger partial charge on any atom is 0.164 e. The van der Waals surface area contributed by atoms with E-state index >= 15 is 0 Å². The molecular formula is C62H42N4. The van der Waals surface area contributed by atoms with Crippen molar-refractivity contribution in [2.75, 3.05) is 0 Å². The van der Waals surface area contributed by atoms with E-state index in [9.17, 15) is 0 Å². The number of hydrogen-bond donors (Lipinski definition) is 0. The molecular weight excluding hydrogens is 801 g/mol. The number of rotatable bonds is 10. The zero-order valence-corrected chi connectivity index (χ0v) is 36.0. The zero-order valence-electron chi connectivity index (χ0n) is 36.0. The summed E-state index contributed by atoms with van der Waals surface area (Å²) in [6.45, 7) is 0. The van der Waals surface area contributed by atoms with Gasteiger partial charge in [-0.05, 0) is 86.0 Å². The topological polar surface area (TPSA) is 51.6 Å². The summed E-state index contributed by atoms with van der Waals surface area (Å²) in [6.07, 6.45) is 0. The van der Waals surface area contributed by atoms with Crippen LogP contribution in [-0.2, 0) is 0 Å². The smallest absolute Gasteiger partial charge is 0.164 e. The fourth-order valence-corrected chi connectivity index (χ4v) is 8.43. The Morgan fingerprint density at radius 3 is 0.758 bits per heavy atom. The van der Waals surface area contributed by atoms with Crippen LogP contribution >= 0.6 is 0 Å². The summed E-state index contributed by atoms with van der Waals surface area (Å²) in [7, 11) is 0. The Hall–Kier alpha value is -8.86. The van der Waals surface area contributed by atoms with Crippen molar-refractivity contribution < 1.29 is 0 Å². The van der Waals surface area contributed by atoms with Crippen molar-refractivity contribution in [3.05, 3.63) is 255 Å². The molecule has 4 nitrogen and oxygen atoms in total. The molecule has 11 rings (SSSR count). The van der Waals surface area contributed by atoms with Crippen molar-refractivity contribution >= 4 is 0 Å². The second-order valence-electron chi connectivity index (χ2n) is 16.3. The average Bonchev–Trinajstić information content (AvgIpc) is 3.42. The zero-order chi connectivity index (χ0) is 44.1. The summed E-state index contributed by atoms with van der Waals surface area (Å²) in [5.74, 6) is 1.82. The van der Waals surface area contributed by atoms with E-state index in [1.54, 1.807) is 0 Å². The van der Waals surface area contributed by atoms with Crippen molar-refractivity contribution in [1.29, 1.82) is 0 Å². The van der Waals surface area contributed by atoms with Gasteiger partial charge >= 0.3 is 0 Å². The normalized spacial score (nSPS) is 11.0. The van der Waals surface area contributed by atoms with Crippen LogP contribution in [0.25, 0.3) is 112 Å². The van der Waals surface area contributed by atoms with Crippen molar-refractivity contribution in [2.24, 2.45) is 0 Å². The van der Waals surface area contributed by atoms with E-state index in [-0.39, 0.29) is 0 Å². The summed E-state index contributed by atoms with van der Waals surface area (Å²) >= 11 is 0. The summed E-state index contributed by atoms with van der Waals surface area (Å²) in [6, 6.07) is 88.9. The molecule has 0 saturated carbocycles. The van der Waals surface area contributed by atoms with Crippen LogP contribution in [0.5, 0.6) is 0 Å². The van der Waals surface area contributed by atoms with Gasteiger partial charge in [0.1, 0.15) is 0 Å². The van der Waals surface area contributed by atoms with E-state index in [1.165, 1.54) is 0 Å². The molecule has 310 valence electrons. The fourth-order valence-electron chi connectivity index (χ4n) is 8.43. The van der Waals surface area contributed by atoms with E-state index in [0.29, 0.717) is 17.5 Å². The van der Waals surface area contributed by atoms with Crippen LogP contribution in [0.2, 0.25) is 0 Å². The lowest BCUT2D eigenvalue weighted by Gasteiger charge is -2.13. The van der Waals surface area contributed by atoms with Gasteiger partial charge in [0.2, 0.25) is 0 Å². The maximum atomic E-state index is 5.23. The first-order valence-electron chi connectivity index (χ1n) is 22.2. The number of aromatic nitrogens is 4. The third kappa shape index (κ3) is 8.59. The molecule has 0 radical (unpaired) electrons. The van der Waals surface area contributed by atoms with Gasteiger partial charge in [-0.25, -0.2) is 19.9 Å². The van der Waals surface area contributed by atoms with Gasteiger partial charge in [-0.2, -0.15) is 0 Å². The van der Waals surface area contributed by atoms with Crippen LogP contribution in [0.4, 0.5) is 0 Å². The van der Waals surface area contributed by atoms with Crippen molar-refractivity contribution in [2.45, 2.75) is 0 Å². The highest BCUT2D eigenvalue weighted by molar-refractivity contribution is 5.83. The molecule has 0 atom stereocenters. The molecule has 2 heterocycles. The maximum absolute atomic E-state index is 5.23. The highest BCUT2D eigenvalue weighted by Crippen LogP contribution is 2.36. The standard InChI is InChI=1S/C62H42N4/c1-6-16-43(17-7-1)47-28-34-52(35-29-47)60-64-61(53-36-30-48(31-37-53)44-18-8-2-9-19-44)66-62(65-60)57-39-54(45-20-10-3-11-21-45)38-55(40-57)49-26-32-51(33-27-49)59-42-56(46-22-12-4-13-23-46)41-58(63-59)50-24-14-5-15-25-50/h1-42H. The Kier molecular flexibility index (Phi) is 10.9. The molecule has 2 aromatic heterocycles. The predicted octanol–water partition coefficient (Wildman–Crippen LogP) is 15.9. The van der Waals surface area contributed by atoms with Crippen LogP contribution in [-0.4, -0.2) is 19.9 Å². The summed E-state index contributed by atoms with van der Waals surface area (Å²) < 4.78 is 0. The number of nitrogens with zero attached hydrogens (tertiary/aromatic N) is 4. The average molecular weight is 843 g/mol. The van der Waals surface area contributed by atoms with Gasteiger partial charge < -0.3 is 0 Å². The first-order chi connectivity index (χ1) is 32.7. The third-order valence-corrected chi connectivity index (χ3v) is 12.0. The van der Waals surface area contributed by atoms with Crippen LogP contribution in [0.1, 0.15) is 0 Å². The predicted molar refractivity (Wildman–Crippen MR) is 272 cm³/mol. The SMILES string of the molecule is c1ccc(-c2ccc(-c3nc(-c4ccc(-c5ccccc5)cc4)nc(-c4cc(-c5ccccc5)cc(-c5ccc(-c6cc(-c7ccccc7)cc(-c7ccccc7)n6)cc5)c4)n3)cc2)cc1. The van der Waals surface area contributed by atoms with Gasteiger partial charge in [0.05, 0.1) is 11.4 Å². The van der Waals surface area contributed by atoms with Gasteiger partial charge in [0.25, 0.3) is 0 Å². The lowest BCUT2D eigenvalue weighted by atomic mass is 9.94. The molecule has 9 aromatic carbocycles. The molecule has 0 aliphatic heterocycles. The lowest BCUT2D eigenvalue weighted by Crippen LogP contribution is -2.00. The minimum absolute atomic E-state index is 0.597. The van der Waals surface area contributed by atoms with Crippen molar-refractivity contribution in [3.63, 3.8) is 0 Å². The van der Waals surface area contributed by atoms with Crippen LogP contribution in [0.15, 0.2) is 255 Å². The highest BCUT2D eigenvalue weighted by atomic mass is 15.0. The quantitative estimate of drug-likeness (QED) is 0.138. The van der Waals surface area contributed by atoms with Crippen LogP contribution in [0, 0.1) is 0 Å². The Bertz CT molecular complexity index is 3240. The molecule has 66 heavy (non-hydrogen) atoms. The molecule has 4 heteroatoms. The Morgan fingerprint density at radius 1 is 0.152 bits per heavy atom. The fraction of sp³-hybridized carbons (Fsp3) is 0. The van der Waals surface area contributed by atoms with Crippen LogP contribution < -0.4 is 0 Å². The van der Waals surface area contributed by atoms with E-state index in [1.807, 2.05) is 24.3 Å². The molecule has 11 aromatic rings. The number of pyridine rings is 1. The van der Waals surface area contributed by atoms with E-state index in [2.05, 4.69) is 231 Å². The largest absolute Gasteiger partial charge is 0.248 e. The monoisotopic (exact) mass is 842 g/mol. The van der Waals surface area contributed by atoms with Gasteiger partial charge in [-0.1, -0.05) is 224 Å². The molecule has 0 unspecified atom stereocenters. The Balaban J connectivity index is 1.02. The van der Waals surface area contributed by atoms with Crippen molar-refractivity contribution in [1.82, 2.24) is 19.9 Å².